The Kier molecular flexibility index (Phi) is 3.94. The van der Waals surface area contributed by atoms with Crippen LogP contribution < -0.4 is 5.73 Å². The Bertz CT molecular complexity index is 450. The number of hydrogen-bond acceptors (Lipinski definition) is 3. The first-order valence-corrected chi connectivity index (χ1v) is 6.58. The van der Waals surface area contributed by atoms with Crippen molar-refractivity contribution in [1.82, 2.24) is 0 Å². The van der Waals surface area contributed by atoms with E-state index >= 15 is 0 Å². The maximum absolute atomic E-state index is 10.4. The second-order valence-electron chi connectivity index (χ2n) is 4.21. The zero-order chi connectivity index (χ0) is 12.3. The fourth-order valence-electron chi connectivity index (χ4n) is 1.90. The maximum Gasteiger partial charge on any atom is 0.0878 e. The quantitative estimate of drug-likeness (QED) is 0.872. The summed E-state index contributed by atoms with van der Waals surface area (Å²) in [4.78, 5) is 1.14. The van der Waals surface area contributed by atoms with Crippen molar-refractivity contribution in [2.75, 3.05) is 6.54 Å². The third kappa shape index (κ3) is 2.75. The van der Waals surface area contributed by atoms with Gasteiger partial charge in [0.15, 0.2) is 0 Å². The molecule has 1 heterocycles. The van der Waals surface area contributed by atoms with E-state index in [1.54, 1.807) is 11.3 Å². The van der Waals surface area contributed by atoms with E-state index in [0.29, 0.717) is 6.54 Å². The van der Waals surface area contributed by atoms with E-state index in [1.807, 2.05) is 48.7 Å². The molecule has 2 unspecified atom stereocenters. The van der Waals surface area contributed by atoms with Gasteiger partial charge in [0.25, 0.3) is 0 Å². The van der Waals surface area contributed by atoms with E-state index in [0.717, 1.165) is 10.4 Å². The second kappa shape index (κ2) is 5.45. The van der Waals surface area contributed by atoms with Crippen LogP contribution in [0.15, 0.2) is 41.8 Å². The summed E-state index contributed by atoms with van der Waals surface area (Å²) in [6, 6.07) is 12.0. The van der Waals surface area contributed by atoms with Crippen molar-refractivity contribution >= 4 is 11.3 Å². The molecule has 17 heavy (non-hydrogen) atoms. The molecule has 2 atom stereocenters. The molecule has 2 rings (SSSR count). The molecule has 0 spiro atoms. The topological polar surface area (TPSA) is 46.2 Å². The zero-order valence-corrected chi connectivity index (χ0v) is 10.7. The molecule has 0 fully saturated rings. The Hall–Kier alpha value is -1.16. The van der Waals surface area contributed by atoms with Gasteiger partial charge in [-0.3, -0.25) is 0 Å². The van der Waals surface area contributed by atoms with E-state index < -0.39 is 6.10 Å². The van der Waals surface area contributed by atoms with Crippen LogP contribution in [0, 0.1) is 6.92 Å². The third-order valence-electron chi connectivity index (χ3n) is 2.96. The summed E-state index contributed by atoms with van der Waals surface area (Å²) < 4.78 is 0. The maximum atomic E-state index is 10.4. The standard InChI is InChI=1S/C14H17NOS/c1-10-4-6-11(7-5-10)14(16)12(9-15)13-3-2-8-17-13/h2-8,12,14,16H,9,15H2,1H3. The van der Waals surface area contributed by atoms with Gasteiger partial charge in [-0.1, -0.05) is 35.9 Å². The molecule has 0 aliphatic rings. The highest BCUT2D eigenvalue weighted by Crippen LogP contribution is 2.32. The number of rotatable bonds is 4. The number of aliphatic hydroxyl groups excluding tert-OH is 1. The van der Waals surface area contributed by atoms with Crippen LogP contribution in [0.1, 0.15) is 28.0 Å². The highest BCUT2D eigenvalue weighted by Gasteiger charge is 2.22. The van der Waals surface area contributed by atoms with Crippen LogP contribution in [0.4, 0.5) is 0 Å². The van der Waals surface area contributed by atoms with E-state index in [2.05, 4.69) is 0 Å². The minimum absolute atomic E-state index is 0.0160. The zero-order valence-electron chi connectivity index (χ0n) is 9.84. The Morgan fingerprint density at radius 1 is 1.24 bits per heavy atom. The van der Waals surface area contributed by atoms with Crippen molar-refractivity contribution in [2.24, 2.45) is 5.73 Å². The van der Waals surface area contributed by atoms with Crippen LogP contribution in [-0.2, 0) is 0 Å². The van der Waals surface area contributed by atoms with Crippen LogP contribution in [0.25, 0.3) is 0 Å². The molecule has 0 saturated heterocycles. The summed E-state index contributed by atoms with van der Waals surface area (Å²) >= 11 is 1.64. The molecule has 1 aromatic carbocycles. The molecule has 0 saturated carbocycles. The summed E-state index contributed by atoms with van der Waals surface area (Å²) in [5.41, 5.74) is 7.90. The minimum atomic E-state index is -0.528. The molecule has 1 aromatic heterocycles. The smallest absolute Gasteiger partial charge is 0.0878 e. The van der Waals surface area contributed by atoms with E-state index in [-0.39, 0.29) is 5.92 Å². The molecule has 0 amide bonds. The number of hydrogen-bond donors (Lipinski definition) is 2. The lowest BCUT2D eigenvalue weighted by Gasteiger charge is -2.20. The third-order valence-corrected chi connectivity index (χ3v) is 3.97. The highest BCUT2D eigenvalue weighted by atomic mass is 32.1. The predicted molar refractivity (Wildman–Crippen MR) is 72.3 cm³/mol. The van der Waals surface area contributed by atoms with Gasteiger partial charge in [0.2, 0.25) is 0 Å². The van der Waals surface area contributed by atoms with Crippen molar-refractivity contribution in [3.8, 4) is 0 Å². The van der Waals surface area contributed by atoms with Crippen LogP contribution in [0.5, 0.6) is 0 Å². The first-order chi connectivity index (χ1) is 8.22. The van der Waals surface area contributed by atoms with Crippen molar-refractivity contribution in [3.63, 3.8) is 0 Å². The summed E-state index contributed by atoms with van der Waals surface area (Å²) in [6.45, 7) is 2.49. The van der Waals surface area contributed by atoms with Crippen molar-refractivity contribution in [3.05, 3.63) is 57.8 Å². The normalized spacial score (nSPS) is 14.5. The lowest BCUT2D eigenvalue weighted by molar-refractivity contribution is 0.149. The molecule has 2 aromatic rings. The van der Waals surface area contributed by atoms with Crippen molar-refractivity contribution in [1.29, 1.82) is 0 Å². The Morgan fingerprint density at radius 2 is 1.94 bits per heavy atom. The minimum Gasteiger partial charge on any atom is -0.388 e. The number of nitrogens with two attached hydrogens (primary N) is 1. The molecule has 0 aliphatic heterocycles. The molecule has 90 valence electrons. The SMILES string of the molecule is Cc1ccc(C(O)C(CN)c2cccs2)cc1. The van der Waals surface area contributed by atoms with Gasteiger partial charge in [-0.05, 0) is 23.9 Å². The molecule has 0 radical (unpaired) electrons. The summed E-state index contributed by atoms with van der Waals surface area (Å²) in [7, 11) is 0. The molecule has 2 nitrogen and oxygen atoms in total. The first-order valence-electron chi connectivity index (χ1n) is 5.70. The fourth-order valence-corrected chi connectivity index (χ4v) is 2.77. The van der Waals surface area contributed by atoms with Crippen LogP contribution in [0.2, 0.25) is 0 Å². The van der Waals surface area contributed by atoms with Gasteiger partial charge >= 0.3 is 0 Å². The average Bonchev–Trinajstić information content (AvgIpc) is 2.84. The van der Waals surface area contributed by atoms with E-state index in [4.69, 9.17) is 5.73 Å². The summed E-state index contributed by atoms with van der Waals surface area (Å²) in [5, 5.41) is 12.4. The summed E-state index contributed by atoms with van der Waals surface area (Å²) in [5.74, 6) is -0.0160. The van der Waals surface area contributed by atoms with Gasteiger partial charge in [0.1, 0.15) is 0 Å². The molecular weight excluding hydrogens is 230 g/mol. The number of aryl methyl sites for hydroxylation is 1. The number of benzene rings is 1. The fraction of sp³-hybridized carbons (Fsp3) is 0.286. The van der Waals surface area contributed by atoms with Gasteiger partial charge in [-0.15, -0.1) is 11.3 Å². The van der Waals surface area contributed by atoms with Crippen LogP contribution >= 0.6 is 11.3 Å². The Morgan fingerprint density at radius 3 is 2.47 bits per heavy atom. The Labute approximate surface area is 106 Å². The van der Waals surface area contributed by atoms with Crippen molar-refractivity contribution in [2.45, 2.75) is 18.9 Å². The number of aliphatic hydroxyl groups is 1. The molecule has 3 N–H and O–H groups in total. The van der Waals surface area contributed by atoms with E-state index in [1.165, 1.54) is 5.56 Å². The molecule has 0 bridgehead atoms. The van der Waals surface area contributed by atoms with Gasteiger partial charge in [0, 0.05) is 17.3 Å². The van der Waals surface area contributed by atoms with Gasteiger partial charge in [-0.25, -0.2) is 0 Å². The van der Waals surface area contributed by atoms with E-state index in [9.17, 15) is 5.11 Å². The largest absolute Gasteiger partial charge is 0.388 e. The van der Waals surface area contributed by atoms with Crippen LogP contribution in [0.3, 0.4) is 0 Å². The Balaban J connectivity index is 2.23. The highest BCUT2D eigenvalue weighted by molar-refractivity contribution is 7.10. The van der Waals surface area contributed by atoms with Gasteiger partial charge in [0.05, 0.1) is 6.10 Å². The molecular formula is C14H17NOS. The second-order valence-corrected chi connectivity index (χ2v) is 5.19. The lowest BCUT2D eigenvalue weighted by Crippen LogP contribution is -2.19. The monoisotopic (exact) mass is 247 g/mol. The average molecular weight is 247 g/mol. The number of thiophene rings is 1. The predicted octanol–water partition coefficient (Wildman–Crippen LogP) is 2.83. The van der Waals surface area contributed by atoms with Gasteiger partial charge in [-0.2, -0.15) is 0 Å². The van der Waals surface area contributed by atoms with Gasteiger partial charge < -0.3 is 10.8 Å². The first kappa shape index (κ1) is 12.3. The summed E-state index contributed by atoms with van der Waals surface area (Å²) in [6.07, 6.45) is -0.528. The lowest BCUT2D eigenvalue weighted by atomic mass is 9.94. The van der Waals surface area contributed by atoms with Crippen LogP contribution in [-0.4, -0.2) is 11.7 Å². The van der Waals surface area contributed by atoms with Crippen molar-refractivity contribution < 1.29 is 5.11 Å². The molecule has 0 aliphatic carbocycles. The molecule has 3 heteroatoms.